The van der Waals surface area contributed by atoms with Gasteiger partial charge in [-0.3, -0.25) is 4.79 Å². The number of amides is 1. The summed E-state index contributed by atoms with van der Waals surface area (Å²) in [6.07, 6.45) is 1.02. The Bertz CT molecular complexity index is 753. The Morgan fingerprint density at radius 2 is 2.04 bits per heavy atom. The average Bonchev–Trinajstić information content (AvgIpc) is 2.64. The van der Waals surface area contributed by atoms with Gasteiger partial charge >= 0.3 is 0 Å². The molecule has 0 saturated carbocycles. The minimum Gasteiger partial charge on any atom is -0.479 e. The quantitative estimate of drug-likeness (QED) is 0.909. The molecule has 1 atom stereocenters. The van der Waals surface area contributed by atoms with Crippen molar-refractivity contribution in [1.29, 1.82) is 5.26 Å². The van der Waals surface area contributed by atoms with E-state index in [0.717, 1.165) is 23.3 Å². The van der Waals surface area contributed by atoms with Crippen LogP contribution >= 0.6 is 11.8 Å². The van der Waals surface area contributed by atoms with Crippen molar-refractivity contribution in [1.82, 2.24) is 5.32 Å². The van der Waals surface area contributed by atoms with Crippen LogP contribution in [0.2, 0.25) is 0 Å². The first-order chi connectivity index (χ1) is 11.8. The summed E-state index contributed by atoms with van der Waals surface area (Å²) in [5.74, 6) is 1.68. The summed E-state index contributed by atoms with van der Waals surface area (Å²) in [6.45, 7) is 0.519. The molecule has 0 saturated heterocycles. The maximum absolute atomic E-state index is 12.5. The summed E-state index contributed by atoms with van der Waals surface area (Å²) in [5.41, 5.74) is 3.41. The number of nitrogens with zero attached hydrogens (tertiary/aromatic N) is 1. The molecule has 1 unspecified atom stereocenters. The Kier molecular flexibility index (Phi) is 5.39. The molecule has 0 spiro atoms. The van der Waals surface area contributed by atoms with E-state index in [9.17, 15) is 4.79 Å². The molecule has 1 aliphatic heterocycles. The number of nitriles is 1. The smallest absolute Gasteiger partial charge is 0.237 e. The lowest BCUT2D eigenvalue weighted by atomic mass is 10.0. The molecule has 0 fully saturated rings. The number of benzene rings is 2. The summed E-state index contributed by atoms with van der Waals surface area (Å²) < 4.78 is 5.22. The highest BCUT2D eigenvalue weighted by atomic mass is 32.2. The largest absolute Gasteiger partial charge is 0.479 e. The molecular weight excluding hydrogens is 320 g/mol. The number of hydrogen-bond acceptors (Lipinski definition) is 4. The minimum absolute atomic E-state index is 0.0361. The zero-order valence-electron chi connectivity index (χ0n) is 13.2. The van der Waals surface area contributed by atoms with Gasteiger partial charge in [0, 0.05) is 6.54 Å². The zero-order chi connectivity index (χ0) is 16.8. The normalized spacial score (nSPS) is 15.9. The van der Waals surface area contributed by atoms with Gasteiger partial charge < -0.3 is 10.1 Å². The lowest BCUT2D eigenvalue weighted by Gasteiger charge is -2.24. The van der Waals surface area contributed by atoms with Crippen molar-refractivity contribution in [3.63, 3.8) is 0 Å². The maximum atomic E-state index is 12.5. The SMILES string of the molecule is N#CCOc1ccc(CNC(=O)C2SCCc3ccccc32)cc1. The Morgan fingerprint density at radius 3 is 2.83 bits per heavy atom. The molecule has 5 heteroatoms. The first-order valence-corrected chi connectivity index (χ1v) is 8.88. The lowest BCUT2D eigenvalue weighted by molar-refractivity contribution is -0.120. The van der Waals surface area contributed by atoms with Gasteiger partial charge in [0.05, 0.1) is 0 Å². The summed E-state index contributed by atoms with van der Waals surface area (Å²) in [7, 11) is 0. The van der Waals surface area contributed by atoms with E-state index in [-0.39, 0.29) is 17.8 Å². The van der Waals surface area contributed by atoms with Gasteiger partial charge in [-0.05, 0) is 41.0 Å². The first kappa shape index (κ1) is 16.4. The molecule has 0 aromatic heterocycles. The van der Waals surface area contributed by atoms with E-state index in [1.807, 2.05) is 48.5 Å². The molecular formula is C19H18N2O2S. The minimum atomic E-state index is -0.131. The van der Waals surface area contributed by atoms with Crippen molar-refractivity contribution in [3.05, 3.63) is 65.2 Å². The first-order valence-electron chi connectivity index (χ1n) is 7.84. The van der Waals surface area contributed by atoms with Crippen molar-refractivity contribution < 1.29 is 9.53 Å². The fourth-order valence-corrected chi connectivity index (χ4v) is 3.93. The molecule has 0 aliphatic carbocycles. The number of nitrogens with one attached hydrogen (secondary N) is 1. The van der Waals surface area contributed by atoms with Crippen LogP contribution in [-0.2, 0) is 17.8 Å². The molecule has 122 valence electrons. The van der Waals surface area contributed by atoms with Gasteiger partial charge in [0.25, 0.3) is 0 Å². The van der Waals surface area contributed by atoms with Gasteiger partial charge in [-0.1, -0.05) is 36.4 Å². The number of aryl methyl sites for hydroxylation is 1. The maximum Gasteiger partial charge on any atom is 0.237 e. The van der Waals surface area contributed by atoms with Crippen LogP contribution in [0.25, 0.3) is 0 Å². The fraction of sp³-hybridized carbons (Fsp3) is 0.263. The zero-order valence-corrected chi connectivity index (χ0v) is 14.0. The average molecular weight is 338 g/mol. The van der Waals surface area contributed by atoms with Crippen LogP contribution in [-0.4, -0.2) is 18.3 Å². The summed E-state index contributed by atoms with van der Waals surface area (Å²) in [4.78, 5) is 12.5. The van der Waals surface area contributed by atoms with Gasteiger partial charge in [-0.15, -0.1) is 11.8 Å². The van der Waals surface area contributed by atoms with Crippen LogP contribution in [0, 0.1) is 11.3 Å². The highest BCUT2D eigenvalue weighted by Gasteiger charge is 2.26. The number of fused-ring (bicyclic) bond motifs is 1. The molecule has 1 N–H and O–H groups in total. The Balaban J connectivity index is 1.59. The molecule has 3 rings (SSSR count). The third-order valence-corrected chi connectivity index (χ3v) is 5.17. The number of thioether (sulfide) groups is 1. The van der Waals surface area contributed by atoms with Crippen molar-refractivity contribution in [3.8, 4) is 11.8 Å². The predicted octanol–water partition coefficient (Wildman–Crippen LogP) is 3.24. The number of ether oxygens (including phenoxy) is 1. The number of hydrogen-bond donors (Lipinski definition) is 1. The second-order valence-electron chi connectivity index (χ2n) is 5.51. The van der Waals surface area contributed by atoms with Crippen LogP contribution in [0.3, 0.4) is 0 Å². The summed E-state index contributed by atoms with van der Waals surface area (Å²) in [6, 6.07) is 17.5. The second-order valence-corrected chi connectivity index (χ2v) is 6.72. The molecule has 4 nitrogen and oxygen atoms in total. The van der Waals surface area contributed by atoms with Gasteiger partial charge in [-0.25, -0.2) is 0 Å². The summed E-state index contributed by atoms with van der Waals surface area (Å²) in [5, 5.41) is 11.4. The molecule has 24 heavy (non-hydrogen) atoms. The number of carbonyl (C=O) groups is 1. The topological polar surface area (TPSA) is 62.1 Å². The van der Waals surface area contributed by atoms with E-state index in [2.05, 4.69) is 11.4 Å². The molecule has 2 aromatic carbocycles. The predicted molar refractivity (Wildman–Crippen MR) is 94.7 cm³/mol. The van der Waals surface area contributed by atoms with E-state index in [4.69, 9.17) is 10.00 Å². The van der Waals surface area contributed by atoms with Gasteiger partial charge in [0.15, 0.2) is 6.61 Å². The van der Waals surface area contributed by atoms with Crippen molar-refractivity contribution in [2.75, 3.05) is 12.4 Å². The number of carbonyl (C=O) groups excluding carboxylic acids is 1. The van der Waals surface area contributed by atoms with Crippen molar-refractivity contribution in [2.24, 2.45) is 0 Å². The third-order valence-electron chi connectivity index (χ3n) is 3.93. The lowest BCUT2D eigenvalue weighted by Crippen LogP contribution is -2.29. The Morgan fingerprint density at radius 1 is 1.25 bits per heavy atom. The molecule has 1 amide bonds. The van der Waals surface area contributed by atoms with Crippen molar-refractivity contribution in [2.45, 2.75) is 18.2 Å². The van der Waals surface area contributed by atoms with E-state index in [0.29, 0.717) is 12.3 Å². The van der Waals surface area contributed by atoms with Gasteiger partial charge in [0.2, 0.25) is 5.91 Å². The van der Waals surface area contributed by atoms with E-state index in [1.165, 1.54) is 5.56 Å². The van der Waals surface area contributed by atoms with Gasteiger partial charge in [0.1, 0.15) is 17.1 Å². The van der Waals surface area contributed by atoms with Crippen LogP contribution in [0.1, 0.15) is 21.9 Å². The van der Waals surface area contributed by atoms with Crippen LogP contribution in [0.5, 0.6) is 5.75 Å². The van der Waals surface area contributed by atoms with E-state index >= 15 is 0 Å². The van der Waals surface area contributed by atoms with Crippen LogP contribution in [0.15, 0.2) is 48.5 Å². The van der Waals surface area contributed by atoms with Crippen molar-refractivity contribution >= 4 is 17.7 Å². The molecule has 0 radical (unpaired) electrons. The second kappa shape index (κ2) is 7.89. The molecule has 0 bridgehead atoms. The highest BCUT2D eigenvalue weighted by Crippen LogP contribution is 2.36. The van der Waals surface area contributed by atoms with Crippen LogP contribution < -0.4 is 10.1 Å². The molecule has 1 heterocycles. The highest BCUT2D eigenvalue weighted by molar-refractivity contribution is 8.00. The number of rotatable bonds is 5. The van der Waals surface area contributed by atoms with Crippen LogP contribution in [0.4, 0.5) is 0 Å². The Hall–Kier alpha value is -2.45. The van der Waals surface area contributed by atoms with E-state index in [1.54, 1.807) is 11.8 Å². The van der Waals surface area contributed by atoms with E-state index < -0.39 is 0 Å². The molecule has 1 aliphatic rings. The molecule has 2 aromatic rings. The summed E-state index contributed by atoms with van der Waals surface area (Å²) >= 11 is 1.70. The third kappa shape index (κ3) is 3.90. The van der Waals surface area contributed by atoms with Gasteiger partial charge in [-0.2, -0.15) is 5.26 Å². The fourth-order valence-electron chi connectivity index (χ4n) is 2.71. The monoisotopic (exact) mass is 338 g/mol. The Labute approximate surface area is 145 Å². The standard InChI is InChI=1S/C19H18N2O2S/c20-10-11-23-16-7-5-14(6-8-16)13-21-19(22)18-17-4-2-1-3-15(17)9-12-24-18/h1-8,18H,9,11-13H2,(H,21,22).